The van der Waals surface area contributed by atoms with Crippen LogP contribution in [0.25, 0.3) is 0 Å². The van der Waals surface area contributed by atoms with Crippen LogP contribution < -0.4 is 4.74 Å². The van der Waals surface area contributed by atoms with Crippen molar-refractivity contribution in [2.45, 2.75) is 25.2 Å². The normalized spacial score (nSPS) is 13.5. The molecule has 2 rings (SSSR count). The average Bonchev–Trinajstić information content (AvgIpc) is 2.53. The Bertz CT molecular complexity index is 545. The van der Waals surface area contributed by atoms with Crippen molar-refractivity contribution in [1.82, 2.24) is 0 Å². The molecule has 0 saturated carbocycles. The summed E-state index contributed by atoms with van der Waals surface area (Å²) in [6.45, 7) is 1.99. The van der Waals surface area contributed by atoms with Crippen molar-refractivity contribution < 1.29 is 9.53 Å². The summed E-state index contributed by atoms with van der Waals surface area (Å²) in [4.78, 5) is 11.6. The number of hydrogen-bond acceptors (Lipinski definition) is 2. The Balaban J connectivity index is 2.13. The molecular weight excluding hydrogens is 248 g/mol. The lowest BCUT2D eigenvalue weighted by molar-refractivity contribution is -0.112. The van der Waals surface area contributed by atoms with Gasteiger partial charge in [0.05, 0.1) is 7.11 Å². The number of benzene rings is 2. The van der Waals surface area contributed by atoms with Gasteiger partial charge in [0.1, 0.15) is 12.0 Å². The minimum Gasteiger partial charge on any atom is -0.497 e. The van der Waals surface area contributed by atoms with Crippen molar-refractivity contribution in [2.24, 2.45) is 0 Å². The SMILES string of the molecule is COc1ccc(C(C)(C=O)CCc2ccccc2)cc1. The van der Waals surface area contributed by atoms with Crippen LogP contribution in [0.4, 0.5) is 0 Å². The van der Waals surface area contributed by atoms with Crippen molar-refractivity contribution in [3.63, 3.8) is 0 Å². The first-order valence-corrected chi connectivity index (χ1v) is 6.83. The van der Waals surface area contributed by atoms with E-state index in [2.05, 4.69) is 12.1 Å². The smallest absolute Gasteiger partial charge is 0.130 e. The molecule has 0 aliphatic carbocycles. The molecule has 0 saturated heterocycles. The van der Waals surface area contributed by atoms with Gasteiger partial charge >= 0.3 is 0 Å². The Morgan fingerprint density at radius 2 is 1.70 bits per heavy atom. The molecule has 104 valence electrons. The monoisotopic (exact) mass is 268 g/mol. The zero-order chi connectivity index (χ0) is 14.4. The fourth-order valence-electron chi connectivity index (χ4n) is 2.29. The third-order valence-corrected chi connectivity index (χ3v) is 3.79. The van der Waals surface area contributed by atoms with Crippen LogP contribution in [0.2, 0.25) is 0 Å². The van der Waals surface area contributed by atoms with E-state index in [1.807, 2.05) is 49.4 Å². The maximum Gasteiger partial charge on any atom is 0.130 e. The van der Waals surface area contributed by atoms with E-state index in [-0.39, 0.29) is 0 Å². The van der Waals surface area contributed by atoms with E-state index < -0.39 is 5.41 Å². The Morgan fingerprint density at radius 1 is 1.05 bits per heavy atom. The summed E-state index contributed by atoms with van der Waals surface area (Å²) < 4.78 is 5.16. The fourth-order valence-corrected chi connectivity index (χ4v) is 2.29. The predicted molar refractivity (Wildman–Crippen MR) is 81.2 cm³/mol. The lowest BCUT2D eigenvalue weighted by Gasteiger charge is -2.24. The first-order valence-electron chi connectivity index (χ1n) is 6.83. The van der Waals surface area contributed by atoms with Gasteiger partial charge in [0, 0.05) is 5.41 Å². The molecule has 0 N–H and O–H groups in total. The molecular formula is C18H20O2. The lowest BCUT2D eigenvalue weighted by Crippen LogP contribution is -2.24. The molecule has 1 atom stereocenters. The van der Waals surface area contributed by atoms with Gasteiger partial charge in [-0.15, -0.1) is 0 Å². The van der Waals surface area contributed by atoms with E-state index >= 15 is 0 Å². The second-order valence-electron chi connectivity index (χ2n) is 5.25. The molecule has 20 heavy (non-hydrogen) atoms. The molecule has 0 radical (unpaired) electrons. The van der Waals surface area contributed by atoms with E-state index in [1.165, 1.54) is 5.56 Å². The van der Waals surface area contributed by atoms with Gasteiger partial charge in [-0.25, -0.2) is 0 Å². The molecule has 0 spiro atoms. The number of methoxy groups -OCH3 is 1. The van der Waals surface area contributed by atoms with Gasteiger partial charge in [-0.2, -0.15) is 0 Å². The Kier molecular flexibility index (Phi) is 4.57. The molecule has 0 aliphatic rings. The summed E-state index contributed by atoms with van der Waals surface area (Å²) in [7, 11) is 1.64. The van der Waals surface area contributed by atoms with Gasteiger partial charge in [-0.1, -0.05) is 42.5 Å². The molecule has 2 aromatic carbocycles. The molecule has 2 nitrogen and oxygen atoms in total. The molecule has 0 aromatic heterocycles. The highest BCUT2D eigenvalue weighted by atomic mass is 16.5. The molecule has 0 amide bonds. The quantitative estimate of drug-likeness (QED) is 0.745. The van der Waals surface area contributed by atoms with E-state index in [4.69, 9.17) is 4.74 Å². The molecule has 0 bridgehead atoms. The van der Waals surface area contributed by atoms with Crippen LogP contribution in [-0.2, 0) is 16.6 Å². The molecule has 1 unspecified atom stereocenters. The fraction of sp³-hybridized carbons (Fsp3) is 0.278. The number of rotatable bonds is 6. The second kappa shape index (κ2) is 6.38. The van der Waals surface area contributed by atoms with Crippen LogP contribution in [0.15, 0.2) is 54.6 Å². The Labute approximate surface area is 120 Å². The summed E-state index contributed by atoms with van der Waals surface area (Å²) in [6, 6.07) is 18.0. The van der Waals surface area contributed by atoms with Gasteiger partial charge in [-0.3, -0.25) is 0 Å². The summed E-state index contributed by atoms with van der Waals surface area (Å²) in [5, 5.41) is 0. The minimum absolute atomic E-state index is 0.456. The largest absolute Gasteiger partial charge is 0.497 e. The highest BCUT2D eigenvalue weighted by Gasteiger charge is 2.25. The summed E-state index contributed by atoms with van der Waals surface area (Å²) in [6.07, 6.45) is 2.74. The zero-order valence-corrected chi connectivity index (χ0v) is 12.0. The van der Waals surface area contributed by atoms with Gasteiger partial charge in [0.25, 0.3) is 0 Å². The highest BCUT2D eigenvalue weighted by molar-refractivity contribution is 5.68. The van der Waals surface area contributed by atoms with Gasteiger partial charge in [0.2, 0.25) is 0 Å². The van der Waals surface area contributed by atoms with E-state index in [0.717, 1.165) is 30.4 Å². The van der Waals surface area contributed by atoms with Crippen molar-refractivity contribution in [1.29, 1.82) is 0 Å². The molecule has 2 aromatic rings. The van der Waals surface area contributed by atoms with Crippen LogP contribution in [0.1, 0.15) is 24.5 Å². The maximum atomic E-state index is 11.6. The third kappa shape index (κ3) is 3.27. The number of hydrogen-bond donors (Lipinski definition) is 0. The number of aldehydes is 1. The Hall–Kier alpha value is -2.09. The van der Waals surface area contributed by atoms with Crippen molar-refractivity contribution in [3.05, 3.63) is 65.7 Å². The molecule has 0 aliphatic heterocycles. The minimum atomic E-state index is -0.456. The highest BCUT2D eigenvalue weighted by Crippen LogP contribution is 2.28. The number of ether oxygens (including phenoxy) is 1. The molecule has 2 heteroatoms. The molecule has 0 fully saturated rings. The average molecular weight is 268 g/mol. The van der Waals surface area contributed by atoms with Gasteiger partial charge in [-0.05, 0) is 43.0 Å². The number of carbonyl (C=O) groups is 1. The van der Waals surface area contributed by atoms with Crippen molar-refractivity contribution in [3.8, 4) is 5.75 Å². The van der Waals surface area contributed by atoms with Crippen LogP contribution in [0.3, 0.4) is 0 Å². The van der Waals surface area contributed by atoms with Crippen LogP contribution in [-0.4, -0.2) is 13.4 Å². The van der Waals surface area contributed by atoms with E-state index in [1.54, 1.807) is 7.11 Å². The summed E-state index contributed by atoms with van der Waals surface area (Å²) >= 11 is 0. The number of carbonyl (C=O) groups excluding carboxylic acids is 1. The van der Waals surface area contributed by atoms with Crippen LogP contribution in [0, 0.1) is 0 Å². The zero-order valence-electron chi connectivity index (χ0n) is 12.0. The molecule has 0 heterocycles. The van der Waals surface area contributed by atoms with Gasteiger partial charge < -0.3 is 9.53 Å². The summed E-state index contributed by atoms with van der Waals surface area (Å²) in [5.41, 5.74) is 1.83. The Morgan fingerprint density at radius 3 is 2.25 bits per heavy atom. The van der Waals surface area contributed by atoms with Crippen LogP contribution >= 0.6 is 0 Å². The first-order chi connectivity index (χ1) is 9.68. The van der Waals surface area contributed by atoms with Crippen molar-refractivity contribution in [2.75, 3.05) is 7.11 Å². The summed E-state index contributed by atoms with van der Waals surface area (Å²) in [5.74, 6) is 0.810. The van der Waals surface area contributed by atoms with E-state index in [9.17, 15) is 4.79 Å². The standard InChI is InChI=1S/C18H20O2/c1-18(14-19,13-12-15-6-4-3-5-7-15)16-8-10-17(20-2)11-9-16/h3-11,14H,12-13H2,1-2H3. The topological polar surface area (TPSA) is 26.3 Å². The lowest BCUT2D eigenvalue weighted by atomic mass is 9.79. The predicted octanol–water partition coefficient (Wildman–Crippen LogP) is 3.78. The first kappa shape index (κ1) is 14.3. The van der Waals surface area contributed by atoms with E-state index in [0.29, 0.717) is 0 Å². The van der Waals surface area contributed by atoms with Crippen molar-refractivity contribution >= 4 is 6.29 Å². The second-order valence-corrected chi connectivity index (χ2v) is 5.25. The number of aryl methyl sites for hydroxylation is 1. The third-order valence-electron chi connectivity index (χ3n) is 3.79. The van der Waals surface area contributed by atoms with Gasteiger partial charge in [0.15, 0.2) is 0 Å². The maximum absolute atomic E-state index is 11.6. The van der Waals surface area contributed by atoms with Crippen LogP contribution in [0.5, 0.6) is 5.75 Å².